The summed E-state index contributed by atoms with van der Waals surface area (Å²) in [6.45, 7) is 0. The summed E-state index contributed by atoms with van der Waals surface area (Å²) in [5, 5.41) is 16.0. The lowest BCUT2D eigenvalue weighted by molar-refractivity contribution is -0.145. The molecular weight excluding hydrogens is 482 g/mol. The first-order chi connectivity index (χ1) is 17.3. The number of nitrogens with one attached hydrogen (secondary N) is 2. The summed E-state index contributed by atoms with van der Waals surface area (Å²) in [4.78, 5) is 38.9. The van der Waals surface area contributed by atoms with Crippen LogP contribution in [0.1, 0.15) is 43.2 Å². The zero-order chi connectivity index (χ0) is 26.1. The van der Waals surface area contributed by atoms with Crippen LogP contribution in [0.2, 0.25) is 5.02 Å². The fourth-order valence-corrected chi connectivity index (χ4v) is 4.73. The SMILES string of the molecule is COC(=O)C(Cc1cccc(O)c1)NC(=O)[C@@H](NC(=O)C(N)Cc1ccc(Cl)cc1)C1CCCCC1. The van der Waals surface area contributed by atoms with Crippen molar-refractivity contribution in [1.29, 1.82) is 0 Å². The Kier molecular flexibility index (Phi) is 10.1. The van der Waals surface area contributed by atoms with Crippen molar-refractivity contribution < 1.29 is 24.2 Å². The van der Waals surface area contributed by atoms with E-state index < -0.39 is 35.9 Å². The summed E-state index contributed by atoms with van der Waals surface area (Å²) in [6.07, 6.45) is 5.02. The van der Waals surface area contributed by atoms with Gasteiger partial charge in [0.2, 0.25) is 11.8 Å². The van der Waals surface area contributed by atoms with E-state index in [-0.39, 0.29) is 18.1 Å². The Morgan fingerprint density at radius 3 is 2.33 bits per heavy atom. The van der Waals surface area contributed by atoms with Crippen molar-refractivity contribution in [2.75, 3.05) is 7.11 Å². The maximum absolute atomic E-state index is 13.4. The van der Waals surface area contributed by atoms with Crippen LogP contribution < -0.4 is 16.4 Å². The first-order valence-electron chi connectivity index (χ1n) is 12.2. The van der Waals surface area contributed by atoms with Gasteiger partial charge in [-0.2, -0.15) is 0 Å². The van der Waals surface area contributed by atoms with E-state index in [1.165, 1.54) is 19.2 Å². The van der Waals surface area contributed by atoms with Gasteiger partial charge < -0.3 is 26.2 Å². The molecule has 2 unspecified atom stereocenters. The molecule has 1 fully saturated rings. The van der Waals surface area contributed by atoms with Crippen LogP contribution >= 0.6 is 11.6 Å². The number of carbonyl (C=O) groups excluding carboxylic acids is 3. The van der Waals surface area contributed by atoms with Crippen LogP contribution in [-0.4, -0.2) is 48.1 Å². The van der Waals surface area contributed by atoms with Gasteiger partial charge in [-0.3, -0.25) is 9.59 Å². The number of aromatic hydroxyl groups is 1. The lowest BCUT2D eigenvalue weighted by Gasteiger charge is -2.31. The highest BCUT2D eigenvalue weighted by Crippen LogP contribution is 2.27. The van der Waals surface area contributed by atoms with Gasteiger partial charge in [0, 0.05) is 11.4 Å². The highest BCUT2D eigenvalue weighted by Gasteiger charge is 2.34. The number of hydrogen-bond acceptors (Lipinski definition) is 6. The molecule has 2 aromatic carbocycles. The van der Waals surface area contributed by atoms with Crippen molar-refractivity contribution in [2.45, 2.75) is 63.1 Å². The lowest BCUT2D eigenvalue weighted by atomic mass is 9.83. The Hall–Kier alpha value is -3.10. The minimum atomic E-state index is -0.977. The van der Waals surface area contributed by atoms with Gasteiger partial charge in [-0.05, 0) is 60.6 Å². The van der Waals surface area contributed by atoms with Gasteiger partial charge in [-0.15, -0.1) is 0 Å². The predicted molar refractivity (Wildman–Crippen MR) is 137 cm³/mol. The van der Waals surface area contributed by atoms with Crippen LogP contribution in [0.25, 0.3) is 0 Å². The van der Waals surface area contributed by atoms with Gasteiger partial charge in [-0.1, -0.05) is 55.1 Å². The molecule has 0 saturated heterocycles. The molecule has 2 aromatic rings. The quantitative estimate of drug-likeness (QED) is 0.360. The highest BCUT2D eigenvalue weighted by molar-refractivity contribution is 6.30. The minimum absolute atomic E-state index is 0.0597. The van der Waals surface area contributed by atoms with Crippen LogP contribution in [0.3, 0.4) is 0 Å². The molecule has 2 amide bonds. The number of amides is 2. The van der Waals surface area contributed by atoms with E-state index in [4.69, 9.17) is 22.1 Å². The van der Waals surface area contributed by atoms with Crippen LogP contribution in [0.4, 0.5) is 0 Å². The Morgan fingerprint density at radius 2 is 1.69 bits per heavy atom. The largest absolute Gasteiger partial charge is 0.508 e. The second-order valence-corrected chi connectivity index (χ2v) is 9.72. The van der Waals surface area contributed by atoms with Crippen LogP contribution in [0.15, 0.2) is 48.5 Å². The third-order valence-corrected chi connectivity index (χ3v) is 6.81. The average molecular weight is 516 g/mol. The molecule has 0 heterocycles. The summed E-state index contributed by atoms with van der Waals surface area (Å²) < 4.78 is 4.90. The maximum Gasteiger partial charge on any atom is 0.328 e. The Labute approximate surface area is 216 Å². The normalized spacial score (nSPS) is 16.4. The van der Waals surface area contributed by atoms with Crippen LogP contribution in [-0.2, 0) is 32.0 Å². The molecule has 0 spiro atoms. The van der Waals surface area contributed by atoms with Crippen molar-refractivity contribution in [1.82, 2.24) is 10.6 Å². The third kappa shape index (κ3) is 7.96. The van der Waals surface area contributed by atoms with Gasteiger partial charge in [-0.25, -0.2) is 4.79 Å². The number of phenols is 1. The summed E-state index contributed by atoms with van der Waals surface area (Å²) in [6, 6.07) is 10.9. The van der Waals surface area contributed by atoms with Crippen molar-refractivity contribution in [3.8, 4) is 5.75 Å². The molecule has 1 saturated carbocycles. The van der Waals surface area contributed by atoms with Crippen LogP contribution in [0, 0.1) is 5.92 Å². The van der Waals surface area contributed by atoms with Crippen molar-refractivity contribution >= 4 is 29.4 Å². The number of rotatable bonds is 10. The molecule has 0 bridgehead atoms. The van der Waals surface area contributed by atoms with Crippen molar-refractivity contribution in [3.05, 3.63) is 64.7 Å². The lowest BCUT2D eigenvalue weighted by Crippen LogP contribution is -2.58. The third-order valence-electron chi connectivity index (χ3n) is 6.56. The fourth-order valence-electron chi connectivity index (χ4n) is 4.61. The molecular formula is C27H34ClN3O5. The number of esters is 1. The predicted octanol–water partition coefficient (Wildman–Crippen LogP) is 2.88. The van der Waals surface area contributed by atoms with Gasteiger partial charge >= 0.3 is 5.97 Å². The van der Waals surface area contributed by atoms with E-state index in [0.717, 1.165) is 37.7 Å². The highest BCUT2D eigenvalue weighted by atomic mass is 35.5. The standard InChI is InChI=1S/C27H34ClN3O5/c1-36-27(35)23(16-18-6-5-9-21(32)14-18)30-26(34)24(19-7-3-2-4-8-19)31-25(33)22(29)15-17-10-12-20(28)13-11-17/h5-6,9-14,19,22-24,32H,2-4,7-8,15-16,29H2,1H3,(H,30,34)(H,31,33)/t22?,23?,24-/m0/s1. The molecule has 1 aliphatic carbocycles. The molecule has 5 N–H and O–H groups in total. The number of phenolic OH excluding ortho intramolecular Hbond substituents is 1. The zero-order valence-corrected chi connectivity index (χ0v) is 21.2. The van der Waals surface area contributed by atoms with Gasteiger partial charge in [0.25, 0.3) is 0 Å². The molecule has 0 radical (unpaired) electrons. The monoisotopic (exact) mass is 515 g/mol. The van der Waals surface area contributed by atoms with Gasteiger partial charge in [0.05, 0.1) is 13.2 Å². The zero-order valence-electron chi connectivity index (χ0n) is 20.4. The molecule has 0 aliphatic heterocycles. The molecule has 8 nitrogen and oxygen atoms in total. The molecule has 3 atom stereocenters. The van der Waals surface area contributed by atoms with Crippen LogP contribution in [0.5, 0.6) is 5.75 Å². The van der Waals surface area contributed by atoms with E-state index >= 15 is 0 Å². The van der Waals surface area contributed by atoms with E-state index in [0.29, 0.717) is 17.0 Å². The van der Waals surface area contributed by atoms with Crippen molar-refractivity contribution in [2.24, 2.45) is 11.7 Å². The van der Waals surface area contributed by atoms with Gasteiger partial charge in [0.15, 0.2) is 0 Å². The van der Waals surface area contributed by atoms with E-state index in [9.17, 15) is 19.5 Å². The van der Waals surface area contributed by atoms with E-state index in [1.807, 2.05) is 12.1 Å². The summed E-state index contributed by atoms with van der Waals surface area (Å²) >= 11 is 5.93. The Balaban J connectivity index is 1.73. The number of carbonyl (C=O) groups is 3. The fraction of sp³-hybridized carbons (Fsp3) is 0.444. The summed E-state index contributed by atoms with van der Waals surface area (Å²) in [7, 11) is 1.25. The number of ether oxygens (including phenoxy) is 1. The van der Waals surface area contributed by atoms with Gasteiger partial charge in [0.1, 0.15) is 17.8 Å². The first-order valence-corrected chi connectivity index (χ1v) is 12.6. The number of benzene rings is 2. The molecule has 36 heavy (non-hydrogen) atoms. The number of hydrogen-bond donors (Lipinski definition) is 4. The second kappa shape index (κ2) is 13.3. The number of methoxy groups -OCH3 is 1. The smallest absolute Gasteiger partial charge is 0.328 e. The molecule has 194 valence electrons. The second-order valence-electron chi connectivity index (χ2n) is 9.28. The molecule has 1 aliphatic rings. The topological polar surface area (TPSA) is 131 Å². The molecule has 9 heteroatoms. The van der Waals surface area contributed by atoms with E-state index in [1.54, 1.807) is 24.3 Å². The van der Waals surface area contributed by atoms with E-state index in [2.05, 4.69) is 10.6 Å². The summed E-state index contributed by atoms with van der Waals surface area (Å²) in [5.74, 6) is -1.50. The molecule has 3 rings (SSSR count). The average Bonchev–Trinajstić information content (AvgIpc) is 2.88. The molecule has 0 aromatic heterocycles. The van der Waals surface area contributed by atoms with Crippen molar-refractivity contribution in [3.63, 3.8) is 0 Å². The summed E-state index contributed by atoms with van der Waals surface area (Å²) in [5.41, 5.74) is 7.70. The number of nitrogens with two attached hydrogens (primary N) is 1. The minimum Gasteiger partial charge on any atom is -0.508 e. The first kappa shape index (κ1) is 27.5. The Morgan fingerprint density at radius 1 is 1.00 bits per heavy atom. The number of halogens is 1. The Bertz CT molecular complexity index is 1040. The maximum atomic E-state index is 13.4.